The SMILES string of the molecule is O=c1[nH]c(=O)n([C@@H]2S[C@@H](CO)C(O)C2O)cc1I. The maximum atomic E-state index is 11.7. The van der Waals surface area contributed by atoms with Crippen molar-refractivity contribution >= 4 is 34.4 Å². The summed E-state index contributed by atoms with van der Waals surface area (Å²) in [5.74, 6) is 0. The highest BCUT2D eigenvalue weighted by Crippen LogP contribution is 2.40. The van der Waals surface area contributed by atoms with Crippen molar-refractivity contribution in [1.29, 1.82) is 0 Å². The number of rotatable bonds is 2. The lowest BCUT2D eigenvalue weighted by Gasteiger charge is -2.17. The molecule has 7 nitrogen and oxygen atoms in total. The van der Waals surface area contributed by atoms with Crippen LogP contribution in [0.2, 0.25) is 0 Å². The van der Waals surface area contributed by atoms with Crippen molar-refractivity contribution in [1.82, 2.24) is 9.55 Å². The lowest BCUT2D eigenvalue weighted by molar-refractivity contribution is 0.0101. The number of thioether (sulfide) groups is 1. The van der Waals surface area contributed by atoms with Gasteiger partial charge in [-0.05, 0) is 22.6 Å². The van der Waals surface area contributed by atoms with Crippen LogP contribution in [0.25, 0.3) is 0 Å². The quantitative estimate of drug-likeness (QED) is 0.459. The molecule has 0 amide bonds. The van der Waals surface area contributed by atoms with Crippen LogP contribution in [0.5, 0.6) is 0 Å². The third kappa shape index (κ3) is 2.37. The van der Waals surface area contributed by atoms with E-state index >= 15 is 0 Å². The Bertz CT molecular complexity index is 559. The molecule has 0 aliphatic carbocycles. The number of aliphatic hydroxyl groups is 3. The molecule has 100 valence electrons. The second-order valence-corrected chi connectivity index (χ2v) is 6.40. The van der Waals surface area contributed by atoms with Crippen LogP contribution in [0.15, 0.2) is 15.8 Å². The summed E-state index contributed by atoms with van der Waals surface area (Å²) in [7, 11) is 0. The van der Waals surface area contributed by atoms with Gasteiger partial charge in [0.2, 0.25) is 0 Å². The third-order valence-corrected chi connectivity index (χ3v) is 5.05. The Kier molecular flexibility index (Phi) is 4.16. The van der Waals surface area contributed by atoms with E-state index in [0.29, 0.717) is 3.57 Å². The molecule has 1 aliphatic heterocycles. The standard InChI is InChI=1S/C9H11IN2O5S/c10-3-1-12(9(17)11-7(3)16)8-6(15)5(14)4(2-13)18-8/h1,4-6,8,13-15H,2H2,(H,11,16,17)/t4-,5?,6?,8+/m0/s1. The maximum absolute atomic E-state index is 11.7. The van der Waals surface area contributed by atoms with Crippen molar-refractivity contribution in [2.45, 2.75) is 22.8 Å². The van der Waals surface area contributed by atoms with Crippen LogP contribution in [0, 0.1) is 3.57 Å². The maximum Gasteiger partial charge on any atom is 0.329 e. The van der Waals surface area contributed by atoms with Gasteiger partial charge in [-0.15, -0.1) is 11.8 Å². The van der Waals surface area contributed by atoms with Gasteiger partial charge in [-0.25, -0.2) is 4.79 Å². The van der Waals surface area contributed by atoms with Gasteiger partial charge in [0.1, 0.15) is 11.5 Å². The zero-order chi connectivity index (χ0) is 13.4. The van der Waals surface area contributed by atoms with E-state index in [0.717, 1.165) is 16.3 Å². The van der Waals surface area contributed by atoms with Gasteiger partial charge in [-0.2, -0.15) is 0 Å². The van der Waals surface area contributed by atoms with E-state index in [1.807, 2.05) is 0 Å². The smallest absolute Gasteiger partial charge is 0.329 e. The van der Waals surface area contributed by atoms with Crippen molar-refractivity contribution in [2.24, 2.45) is 0 Å². The van der Waals surface area contributed by atoms with Crippen molar-refractivity contribution in [3.05, 3.63) is 30.6 Å². The highest BCUT2D eigenvalue weighted by Gasteiger charge is 2.43. The molecular formula is C9H11IN2O5S. The molecule has 9 heteroatoms. The number of aliphatic hydroxyl groups excluding tert-OH is 3. The van der Waals surface area contributed by atoms with Crippen LogP contribution in [0.1, 0.15) is 5.37 Å². The summed E-state index contributed by atoms with van der Waals surface area (Å²) in [6, 6.07) is 0. The Morgan fingerprint density at radius 2 is 2.06 bits per heavy atom. The molecule has 0 aromatic carbocycles. The topological polar surface area (TPSA) is 116 Å². The van der Waals surface area contributed by atoms with E-state index in [4.69, 9.17) is 5.11 Å². The number of hydrogen-bond acceptors (Lipinski definition) is 6. The Balaban J connectivity index is 2.42. The van der Waals surface area contributed by atoms with Gasteiger partial charge < -0.3 is 15.3 Å². The van der Waals surface area contributed by atoms with Gasteiger partial charge in [-0.1, -0.05) is 0 Å². The summed E-state index contributed by atoms with van der Waals surface area (Å²) in [5.41, 5.74) is -1.14. The minimum atomic E-state index is -1.17. The van der Waals surface area contributed by atoms with Crippen molar-refractivity contribution in [3.8, 4) is 0 Å². The molecule has 4 N–H and O–H groups in total. The van der Waals surface area contributed by atoms with Crippen molar-refractivity contribution < 1.29 is 15.3 Å². The predicted molar refractivity (Wildman–Crippen MR) is 73.6 cm³/mol. The highest BCUT2D eigenvalue weighted by atomic mass is 127. The van der Waals surface area contributed by atoms with E-state index in [2.05, 4.69) is 4.98 Å². The molecule has 0 radical (unpaired) electrons. The highest BCUT2D eigenvalue weighted by molar-refractivity contribution is 14.1. The normalized spacial score (nSPS) is 31.8. The number of nitrogens with zero attached hydrogens (tertiary/aromatic N) is 1. The lowest BCUT2D eigenvalue weighted by Crippen LogP contribution is -2.38. The van der Waals surface area contributed by atoms with Gasteiger partial charge in [-0.3, -0.25) is 14.3 Å². The molecule has 1 aliphatic rings. The zero-order valence-corrected chi connectivity index (χ0v) is 12.0. The number of halogens is 1. The van der Waals surface area contributed by atoms with Crippen LogP contribution in [0.4, 0.5) is 0 Å². The first-order valence-electron chi connectivity index (χ1n) is 5.09. The minimum absolute atomic E-state index is 0.297. The number of aromatic nitrogens is 2. The summed E-state index contributed by atoms with van der Waals surface area (Å²) in [5, 5.41) is 27.3. The molecule has 1 fully saturated rings. The molecule has 2 unspecified atom stereocenters. The van der Waals surface area contributed by atoms with Gasteiger partial charge in [0.25, 0.3) is 5.56 Å². The molecule has 2 heterocycles. The molecular weight excluding hydrogens is 375 g/mol. The first kappa shape index (κ1) is 14.1. The molecule has 0 saturated carbocycles. The van der Waals surface area contributed by atoms with Crippen LogP contribution in [-0.4, -0.2) is 48.9 Å². The first-order chi connectivity index (χ1) is 8.45. The van der Waals surface area contributed by atoms with E-state index in [9.17, 15) is 19.8 Å². The average Bonchev–Trinajstić information content (AvgIpc) is 2.61. The molecule has 0 spiro atoms. The van der Waals surface area contributed by atoms with E-state index < -0.39 is 34.1 Å². The summed E-state index contributed by atoms with van der Waals surface area (Å²) in [4.78, 5) is 25.0. The van der Waals surface area contributed by atoms with E-state index in [-0.39, 0.29) is 6.61 Å². The predicted octanol–water partition coefficient (Wildman–Crippen LogP) is -1.53. The third-order valence-electron chi connectivity index (χ3n) is 2.72. The molecule has 18 heavy (non-hydrogen) atoms. The first-order valence-corrected chi connectivity index (χ1v) is 7.11. The average molecular weight is 386 g/mol. The fourth-order valence-corrected chi connectivity index (χ4v) is 3.57. The molecule has 1 aromatic heterocycles. The van der Waals surface area contributed by atoms with E-state index in [1.54, 1.807) is 22.6 Å². The number of nitrogens with one attached hydrogen (secondary N) is 1. The minimum Gasteiger partial charge on any atom is -0.395 e. The summed E-state index contributed by atoms with van der Waals surface area (Å²) < 4.78 is 1.47. The summed E-state index contributed by atoms with van der Waals surface area (Å²) in [6.07, 6.45) is -0.956. The lowest BCUT2D eigenvalue weighted by atomic mass is 10.1. The molecule has 2 rings (SSSR count). The fraction of sp³-hybridized carbons (Fsp3) is 0.556. The second-order valence-electron chi connectivity index (χ2n) is 3.87. The second kappa shape index (κ2) is 5.33. The van der Waals surface area contributed by atoms with Gasteiger partial charge in [0, 0.05) is 6.20 Å². The Morgan fingerprint density at radius 3 is 2.61 bits per heavy atom. The van der Waals surface area contributed by atoms with Crippen LogP contribution in [-0.2, 0) is 0 Å². The van der Waals surface area contributed by atoms with Gasteiger partial charge >= 0.3 is 5.69 Å². The van der Waals surface area contributed by atoms with Crippen molar-refractivity contribution in [2.75, 3.05) is 6.61 Å². The van der Waals surface area contributed by atoms with Crippen molar-refractivity contribution in [3.63, 3.8) is 0 Å². The zero-order valence-electron chi connectivity index (χ0n) is 8.99. The van der Waals surface area contributed by atoms with Gasteiger partial charge in [0.15, 0.2) is 0 Å². The van der Waals surface area contributed by atoms with Gasteiger partial charge in [0.05, 0.1) is 21.5 Å². The molecule has 0 bridgehead atoms. The van der Waals surface area contributed by atoms with E-state index in [1.165, 1.54) is 6.20 Å². The number of aromatic amines is 1. The number of hydrogen-bond donors (Lipinski definition) is 4. The fourth-order valence-electron chi connectivity index (χ4n) is 1.76. The number of H-pyrrole nitrogens is 1. The molecule has 4 atom stereocenters. The Hall–Kier alpha value is -0.360. The molecule has 1 saturated heterocycles. The van der Waals surface area contributed by atoms with Crippen LogP contribution >= 0.6 is 34.4 Å². The largest absolute Gasteiger partial charge is 0.395 e. The Morgan fingerprint density at radius 1 is 1.39 bits per heavy atom. The monoisotopic (exact) mass is 386 g/mol. The van der Waals surface area contributed by atoms with Crippen LogP contribution < -0.4 is 11.2 Å². The summed E-state index contributed by atoms with van der Waals surface area (Å²) in [6.45, 7) is -0.297. The summed E-state index contributed by atoms with van der Waals surface area (Å²) >= 11 is 2.87. The molecule has 1 aromatic rings. The van der Waals surface area contributed by atoms with Crippen LogP contribution in [0.3, 0.4) is 0 Å². The Labute approximate surface area is 119 Å².